The number of aryl methyl sites for hydroxylation is 2. The Kier molecular flexibility index (Phi) is 4.33. The molecule has 82 valence electrons. The summed E-state index contributed by atoms with van der Waals surface area (Å²) in [4.78, 5) is 13.4. The van der Waals surface area contributed by atoms with Gasteiger partial charge in [-0.2, -0.15) is 0 Å². The van der Waals surface area contributed by atoms with Crippen LogP contribution in [-0.4, -0.2) is 30.2 Å². The molecule has 1 aromatic rings. The van der Waals surface area contributed by atoms with E-state index in [1.807, 2.05) is 19.1 Å². The summed E-state index contributed by atoms with van der Waals surface area (Å²) < 4.78 is 0. The van der Waals surface area contributed by atoms with Crippen molar-refractivity contribution in [2.24, 2.45) is 0 Å². The van der Waals surface area contributed by atoms with Crippen LogP contribution in [0.3, 0.4) is 0 Å². The standard InChI is InChI=1S/C12H16BrNO/c1-9-4-5-10(6-7-13)8-11(9)12(15)14(2)3/h4-5,8H,6-7H2,1-3H3. The van der Waals surface area contributed by atoms with Gasteiger partial charge in [0.1, 0.15) is 0 Å². The molecular weight excluding hydrogens is 254 g/mol. The number of nitrogens with zero attached hydrogens (tertiary/aromatic N) is 1. The Morgan fingerprint density at radius 2 is 2.07 bits per heavy atom. The molecule has 0 radical (unpaired) electrons. The SMILES string of the molecule is Cc1ccc(CCBr)cc1C(=O)N(C)C. The van der Waals surface area contributed by atoms with E-state index in [9.17, 15) is 4.79 Å². The Labute approximate surface area is 99.4 Å². The van der Waals surface area contributed by atoms with E-state index in [1.54, 1.807) is 19.0 Å². The minimum atomic E-state index is 0.0731. The summed E-state index contributed by atoms with van der Waals surface area (Å²) in [6.45, 7) is 1.97. The van der Waals surface area contributed by atoms with Crippen LogP contribution in [0.4, 0.5) is 0 Å². The molecule has 0 aliphatic carbocycles. The van der Waals surface area contributed by atoms with E-state index in [-0.39, 0.29) is 5.91 Å². The van der Waals surface area contributed by atoms with Crippen molar-refractivity contribution in [2.45, 2.75) is 13.3 Å². The Bertz CT molecular complexity index is 361. The van der Waals surface area contributed by atoms with Gasteiger partial charge in [-0.3, -0.25) is 4.79 Å². The molecule has 0 spiro atoms. The first kappa shape index (κ1) is 12.2. The first-order valence-electron chi connectivity index (χ1n) is 4.93. The third kappa shape index (κ3) is 3.06. The first-order chi connectivity index (χ1) is 7.06. The maximum atomic E-state index is 11.8. The number of rotatable bonds is 3. The summed E-state index contributed by atoms with van der Waals surface area (Å²) in [6, 6.07) is 6.07. The summed E-state index contributed by atoms with van der Waals surface area (Å²) in [5, 5.41) is 0.922. The summed E-state index contributed by atoms with van der Waals surface area (Å²) in [7, 11) is 3.55. The number of amides is 1. The lowest BCUT2D eigenvalue weighted by atomic mass is 10.0. The molecule has 0 atom stereocenters. The third-order valence-electron chi connectivity index (χ3n) is 2.32. The largest absolute Gasteiger partial charge is 0.345 e. The highest BCUT2D eigenvalue weighted by molar-refractivity contribution is 9.09. The van der Waals surface area contributed by atoms with Crippen molar-refractivity contribution >= 4 is 21.8 Å². The molecule has 0 saturated carbocycles. The zero-order valence-electron chi connectivity index (χ0n) is 9.38. The lowest BCUT2D eigenvalue weighted by Crippen LogP contribution is -2.22. The van der Waals surface area contributed by atoms with Crippen LogP contribution in [0, 0.1) is 6.92 Å². The Morgan fingerprint density at radius 3 is 2.60 bits per heavy atom. The lowest BCUT2D eigenvalue weighted by molar-refractivity contribution is 0.0827. The zero-order chi connectivity index (χ0) is 11.4. The molecular formula is C12H16BrNO. The molecule has 0 fully saturated rings. The Hall–Kier alpha value is -0.830. The van der Waals surface area contributed by atoms with E-state index in [0.717, 1.165) is 22.9 Å². The van der Waals surface area contributed by atoms with Crippen molar-refractivity contribution in [1.82, 2.24) is 4.90 Å². The van der Waals surface area contributed by atoms with E-state index in [4.69, 9.17) is 0 Å². The van der Waals surface area contributed by atoms with Gasteiger partial charge in [-0.1, -0.05) is 28.1 Å². The van der Waals surface area contributed by atoms with Crippen LogP contribution >= 0.6 is 15.9 Å². The fourth-order valence-electron chi connectivity index (χ4n) is 1.41. The number of halogens is 1. The van der Waals surface area contributed by atoms with E-state index < -0.39 is 0 Å². The quantitative estimate of drug-likeness (QED) is 0.773. The van der Waals surface area contributed by atoms with Gasteiger partial charge in [-0.15, -0.1) is 0 Å². The summed E-state index contributed by atoms with van der Waals surface area (Å²) in [5.74, 6) is 0.0731. The van der Waals surface area contributed by atoms with Gasteiger partial charge in [0.2, 0.25) is 0 Å². The number of alkyl halides is 1. The van der Waals surface area contributed by atoms with Crippen LogP contribution in [0.25, 0.3) is 0 Å². The van der Waals surface area contributed by atoms with E-state index >= 15 is 0 Å². The summed E-state index contributed by atoms with van der Waals surface area (Å²) >= 11 is 3.40. The Morgan fingerprint density at radius 1 is 1.40 bits per heavy atom. The van der Waals surface area contributed by atoms with Gasteiger partial charge >= 0.3 is 0 Å². The van der Waals surface area contributed by atoms with Crippen LogP contribution in [0.5, 0.6) is 0 Å². The number of carbonyl (C=O) groups is 1. The smallest absolute Gasteiger partial charge is 0.253 e. The van der Waals surface area contributed by atoms with Gasteiger partial charge in [0, 0.05) is 25.0 Å². The van der Waals surface area contributed by atoms with Gasteiger partial charge < -0.3 is 4.90 Å². The number of hydrogen-bond donors (Lipinski definition) is 0. The molecule has 1 amide bonds. The molecule has 0 aliphatic rings. The minimum Gasteiger partial charge on any atom is -0.345 e. The highest BCUT2D eigenvalue weighted by Crippen LogP contribution is 2.14. The second kappa shape index (κ2) is 5.31. The van der Waals surface area contributed by atoms with E-state index in [0.29, 0.717) is 0 Å². The fraction of sp³-hybridized carbons (Fsp3) is 0.417. The molecule has 0 N–H and O–H groups in total. The Balaban J connectivity index is 3.05. The summed E-state index contributed by atoms with van der Waals surface area (Å²) in [5.41, 5.74) is 3.04. The maximum absolute atomic E-state index is 11.8. The molecule has 1 aromatic carbocycles. The molecule has 0 unspecified atom stereocenters. The first-order valence-corrected chi connectivity index (χ1v) is 6.05. The maximum Gasteiger partial charge on any atom is 0.253 e. The van der Waals surface area contributed by atoms with Gasteiger partial charge in [0.25, 0.3) is 5.91 Å². The molecule has 0 saturated heterocycles. The van der Waals surface area contributed by atoms with Crippen LogP contribution in [0.2, 0.25) is 0 Å². The number of hydrogen-bond acceptors (Lipinski definition) is 1. The fourth-order valence-corrected chi connectivity index (χ4v) is 1.86. The lowest BCUT2D eigenvalue weighted by Gasteiger charge is -2.13. The van der Waals surface area contributed by atoms with Gasteiger partial charge in [0.15, 0.2) is 0 Å². The number of carbonyl (C=O) groups excluding carboxylic acids is 1. The van der Waals surface area contributed by atoms with Crippen LogP contribution in [0.15, 0.2) is 18.2 Å². The molecule has 15 heavy (non-hydrogen) atoms. The second-order valence-corrected chi connectivity index (χ2v) is 4.58. The molecule has 0 bridgehead atoms. The third-order valence-corrected chi connectivity index (χ3v) is 2.72. The van der Waals surface area contributed by atoms with Gasteiger partial charge in [0.05, 0.1) is 0 Å². The number of benzene rings is 1. The van der Waals surface area contributed by atoms with Crippen molar-refractivity contribution in [3.05, 3.63) is 34.9 Å². The highest BCUT2D eigenvalue weighted by Gasteiger charge is 2.11. The highest BCUT2D eigenvalue weighted by atomic mass is 79.9. The van der Waals surface area contributed by atoms with Crippen molar-refractivity contribution in [2.75, 3.05) is 19.4 Å². The van der Waals surface area contributed by atoms with E-state index in [2.05, 4.69) is 22.0 Å². The molecule has 0 aromatic heterocycles. The van der Waals surface area contributed by atoms with E-state index in [1.165, 1.54) is 5.56 Å². The van der Waals surface area contributed by atoms with Crippen LogP contribution in [0.1, 0.15) is 21.5 Å². The topological polar surface area (TPSA) is 20.3 Å². The molecule has 2 nitrogen and oxygen atoms in total. The zero-order valence-corrected chi connectivity index (χ0v) is 11.0. The van der Waals surface area contributed by atoms with Crippen molar-refractivity contribution in [1.29, 1.82) is 0 Å². The molecule has 1 rings (SSSR count). The van der Waals surface area contributed by atoms with Crippen molar-refractivity contribution in [3.63, 3.8) is 0 Å². The molecule has 3 heteroatoms. The van der Waals surface area contributed by atoms with Crippen molar-refractivity contribution in [3.8, 4) is 0 Å². The van der Waals surface area contributed by atoms with Crippen molar-refractivity contribution < 1.29 is 4.79 Å². The average molecular weight is 270 g/mol. The molecule has 0 heterocycles. The normalized spacial score (nSPS) is 10.1. The van der Waals surface area contributed by atoms with Gasteiger partial charge in [-0.25, -0.2) is 0 Å². The predicted octanol–water partition coefficient (Wildman–Crippen LogP) is 2.63. The second-order valence-electron chi connectivity index (χ2n) is 3.79. The minimum absolute atomic E-state index is 0.0731. The monoisotopic (exact) mass is 269 g/mol. The molecule has 0 aliphatic heterocycles. The summed E-state index contributed by atoms with van der Waals surface area (Å²) in [6.07, 6.45) is 0.952. The van der Waals surface area contributed by atoms with Crippen LogP contribution < -0.4 is 0 Å². The van der Waals surface area contributed by atoms with Crippen LogP contribution in [-0.2, 0) is 6.42 Å². The predicted molar refractivity (Wildman–Crippen MR) is 66.7 cm³/mol. The average Bonchev–Trinajstić information content (AvgIpc) is 2.20. The van der Waals surface area contributed by atoms with Gasteiger partial charge in [-0.05, 0) is 30.5 Å².